The summed E-state index contributed by atoms with van der Waals surface area (Å²) >= 11 is 1.73. The standard InChI is InChI=1S/C16H27N3O2S2/c1-5-17-16(18-11-6-12-23(4,20)21)19(2)13-14-7-9-15(22-3)10-8-14/h7-10H,5-6,11-13H2,1-4H3,(H,17,18). The van der Waals surface area contributed by atoms with Crippen LogP contribution < -0.4 is 5.32 Å². The van der Waals surface area contributed by atoms with Crippen LogP contribution in [-0.2, 0) is 16.4 Å². The van der Waals surface area contributed by atoms with Gasteiger partial charge in [0.2, 0.25) is 0 Å². The number of nitrogens with zero attached hydrogens (tertiary/aromatic N) is 2. The Morgan fingerprint density at radius 2 is 1.96 bits per heavy atom. The smallest absolute Gasteiger partial charge is 0.193 e. The lowest BCUT2D eigenvalue weighted by atomic mass is 10.2. The highest BCUT2D eigenvalue weighted by molar-refractivity contribution is 7.98. The number of hydrogen-bond donors (Lipinski definition) is 1. The van der Waals surface area contributed by atoms with Crippen LogP contribution in [0.25, 0.3) is 0 Å². The molecule has 1 N–H and O–H groups in total. The van der Waals surface area contributed by atoms with E-state index >= 15 is 0 Å². The molecular weight excluding hydrogens is 330 g/mol. The van der Waals surface area contributed by atoms with Crippen LogP contribution in [0.4, 0.5) is 0 Å². The molecule has 0 bridgehead atoms. The Kier molecular flexibility index (Phi) is 8.47. The van der Waals surface area contributed by atoms with Crippen molar-refractivity contribution in [2.24, 2.45) is 4.99 Å². The van der Waals surface area contributed by atoms with Gasteiger partial charge < -0.3 is 10.2 Å². The van der Waals surface area contributed by atoms with Gasteiger partial charge in [-0.05, 0) is 37.3 Å². The summed E-state index contributed by atoms with van der Waals surface area (Å²) in [4.78, 5) is 7.81. The normalized spacial score (nSPS) is 12.3. The van der Waals surface area contributed by atoms with Crippen molar-refractivity contribution in [3.05, 3.63) is 29.8 Å². The quantitative estimate of drug-likeness (QED) is 0.335. The van der Waals surface area contributed by atoms with Crippen molar-refractivity contribution in [3.63, 3.8) is 0 Å². The van der Waals surface area contributed by atoms with Crippen molar-refractivity contribution in [2.45, 2.75) is 24.8 Å². The van der Waals surface area contributed by atoms with Gasteiger partial charge in [-0.1, -0.05) is 12.1 Å². The van der Waals surface area contributed by atoms with Crippen molar-refractivity contribution < 1.29 is 8.42 Å². The summed E-state index contributed by atoms with van der Waals surface area (Å²) in [6.07, 6.45) is 3.86. The lowest BCUT2D eigenvalue weighted by Crippen LogP contribution is -2.38. The van der Waals surface area contributed by atoms with Gasteiger partial charge in [0.25, 0.3) is 0 Å². The molecule has 0 aliphatic heterocycles. The van der Waals surface area contributed by atoms with Gasteiger partial charge in [-0.15, -0.1) is 11.8 Å². The molecule has 0 aromatic heterocycles. The van der Waals surface area contributed by atoms with E-state index in [1.54, 1.807) is 11.8 Å². The fourth-order valence-corrected chi connectivity index (χ4v) is 3.12. The van der Waals surface area contributed by atoms with Gasteiger partial charge in [0.1, 0.15) is 9.84 Å². The second-order valence-electron chi connectivity index (χ2n) is 5.42. The van der Waals surface area contributed by atoms with Crippen molar-refractivity contribution in [1.29, 1.82) is 0 Å². The summed E-state index contributed by atoms with van der Waals surface area (Å²) in [6.45, 7) is 4.06. The minimum absolute atomic E-state index is 0.176. The lowest BCUT2D eigenvalue weighted by molar-refractivity contribution is 0.476. The minimum Gasteiger partial charge on any atom is -0.357 e. The molecule has 0 saturated carbocycles. The molecule has 0 unspecified atom stereocenters. The third-order valence-corrected chi connectivity index (χ3v) is 4.98. The van der Waals surface area contributed by atoms with Crippen LogP contribution in [0.2, 0.25) is 0 Å². The van der Waals surface area contributed by atoms with Crippen LogP contribution >= 0.6 is 11.8 Å². The second kappa shape index (κ2) is 9.82. The first-order valence-electron chi connectivity index (χ1n) is 7.66. The first-order valence-corrected chi connectivity index (χ1v) is 10.9. The molecule has 0 amide bonds. The summed E-state index contributed by atoms with van der Waals surface area (Å²) in [5.74, 6) is 0.977. The molecule has 23 heavy (non-hydrogen) atoms. The largest absolute Gasteiger partial charge is 0.357 e. The van der Waals surface area contributed by atoms with E-state index in [1.807, 2.05) is 14.0 Å². The molecule has 1 aromatic rings. The van der Waals surface area contributed by atoms with Gasteiger partial charge in [-0.2, -0.15) is 0 Å². The van der Waals surface area contributed by atoms with E-state index < -0.39 is 9.84 Å². The molecule has 130 valence electrons. The van der Waals surface area contributed by atoms with E-state index in [-0.39, 0.29) is 5.75 Å². The van der Waals surface area contributed by atoms with Crippen molar-refractivity contribution in [2.75, 3.05) is 38.4 Å². The Morgan fingerprint density at radius 1 is 1.30 bits per heavy atom. The average molecular weight is 358 g/mol. The molecule has 1 rings (SSSR count). The minimum atomic E-state index is -2.92. The van der Waals surface area contributed by atoms with Crippen LogP contribution in [0.1, 0.15) is 18.9 Å². The van der Waals surface area contributed by atoms with Gasteiger partial charge in [0, 0.05) is 37.8 Å². The van der Waals surface area contributed by atoms with Gasteiger partial charge in [0.05, 0.1) is 5.75 Å². The summed E-state index contributed by atoms with van der Waals surface area (Å²) in [7, 11) is -0.928. The lowest BCUT2D eigenvalue weighted by Gasteiger charge is -2.22. The molecule has 1 aromatic carbocycles. The Hall–Kier alpha value is -1.21. The highest BCUT2D eigenvalue weighted by Gasteiger charge is 2.07. The molecule has 5 nitrogen and oxygen atoms in total. The molecule has 0 radical (unpaired) electrons. The number of thioether (sulfide) groups is 1. The molecule has 0 spiro atoms. The van der Waals surface area contributed by atoms with Gasteiger partial charge in [-0.25, -0.2) is 8.42 Å². The van der Waals surface area contributed by atoms with Gasteiger partial charge >= 0.3 is 0 Å². The Balaban J connectivity index is 2.63. The SMILES string of the molecule is CCNC(=NCCCS(C)(=O)=O)N(C)Cc1ccc(SC)cc1. The number of hydrogen-bond acceptors (Lipinski definition) is 4. The average Bonchev–Trinajstić information content (AvgIpc) is 2.50. The number of guanidine groups is 1. The predicted octanol–water partition coefficient (Wildman–Crippen LogP) is 2.24. The fraction of sp³-hybridized carbons (Fsp3) is 0.562. The molecule has 0 saturated heterocycles. The number of sulfone groups is 1. The zero-order valence-electron chi connectivity index (χ0n) is 14.4. The third kappa shape index (κ3) is 8.27. The predicted molar refractivity (Wildman–Crippen MR) is 100.0 cm³/mol. The summed E-state index contributed by atoms with van der Waals surface area (Å²) < 4.78 is 22.3. The fourth-order valence-electron chi connectivity index (χ4n) is 2.06. The number of benzene rings is 1. The van der Waals surface area contributed by atoms with Crippen LogP contribution in [0.3, 0.4) is 0 Å². The van der Waals surface area contributed by atoms with E-state index in [0.717, 1.165) is 19.0 Å². The molecule has 0 atom stereocenters. The molecule has 7 heteroatoms. The Labute approximate surface area is 144 Å². The molecule has 0 aliphatic carbocycles. The highest BCUT2D eigenvalue weighted by Crippen LogP contribution is 2.15. The van der Waals surface area contributed by atoms with Crippen LogP contribution in [0.15, 0.2) is 34.2 Å². The van der Waals surface area contributed by atoms with Crippen molar-refractivity contribution in [1.82, 2.24) is 10.2 Å². The third-order valence-electron chi connectivity index (χ3n) is 3.21. The van der Waals surface area contributed by atoms with E-state index in [1.165, 1.54) is 16.7 Å². The number of aliphatic imine (C=N–C) groups is 1. The van der Waals surface area contributed by atoms with E-state index in [0.29, 0.717) is 13.0 Å². The molecule has 0 aliphatic rings. The van der Waals surface area contributed by atoms with Crippen molar-refractivity contribution in [3.8, 4) is 0 Å². The summed E-state index contributed by atoms with van der Waals surface area (Å²) in [5, 5.41) is 3.25. The monoisotopic (exact) mass is 357 g/mol. The summed E-state index contributed by atoms with van der Waals surface area (Å²) in [5.41, 5.74) is 1.21. The van der Waals surface area contributed by atoms with Crippen molar-refractivity contribution >= 4 is 27.6 Å². The van der Waals surface area contributed by atoms with Gasteiger partial charge in [-0.3, -0.25) is 4.99 Å². The molecule has 0 fully saturated rings. The number of rotatable bonds is 8. The molecular formula is C16H27N3O2S2. The van der Waals surface area contributed by atoms with E-state index in [2.05, 4.69) is 45.7 Å². The second-order valence-corrected chi connectivity index (χ2v) is 8.56. The maximum atomic E-state index is 11.2. The Morgan fingerprint density at radius 3 is 2.48 bits per heavy atom. The Bertz CT molecular complexity index is 598. The van der Waals surface area contributed by atoms with Gasteiger partial charge in [0.15, 0.2) is 5.96 Å². The first-order chi connectivity index (χ1) is 10.9. The van der Waals surface area contributed by atoms with E-state index in [4.69, 9.17) is 0 Å². The summed E-state index contributed by atoms with van der Waals surface area (Å²) in [6, 6.07) is 8.47. The first kappa shape index (κ1) is 19.8. The van der Waals surface area contributed by atoms with Crippen LogP contribution in [-0.4, -0.2) is 57.7 Å². The topological polar surface area (TPSA) is 61.8 Å². The maximum absolute atomic E-state index is 11.2. The van der Waals surface area contributed by atoms with E-state index in [9.17, 15) is 8.42 Å². The van der Waals surface area contributed by atoms with Crippen LogP contribution in [0.5, 0.6) is 0 Å². The zero-order chi connectivity index (χ0) is 17.3. The van der Waals surface area contributed by atoms with Crippen LogP contribution in [0, 0.1) is 0 Å². The number of nitrogens with one attached hydrogen (secondary N) is 1. The zero-order valence-corrected chi connectivity index (χ0v) is 16.0. The molecule has 0 heterocycles. The highest BCUT2D eigenvalue weighted by atomic mass is 32.2. The maximum Gasteiger partial charge on any atom is 0.193 e.